The Bertz CT molecular complexity index is 858. The molecule has 0 radical (unpaired) electrons. The van der Waals surface area contributed by atoms with Crippen molar-refractivity contribution in [3.8, 4) is 0 Å². The van der Waals surface area contributed by atoms with Crippen molar-refractivity contribution in [1.82, 2.24) is 5.32 Å². The Morgan fingerprint density at radius 2 is 1.89 bits per heavy atom. The van der Waals surface area contributed by atoms with Crippen LogP contribution in [0.15, 0.2) is 36.4 Å². The van der Waals surface area contributed by atoms with Gasteiger partial charge >= 0.3 is 0 Å². The van der Waals surface area contributed by atoms with Crippen molar-refractivity contribution in [3.63, 3.8) is 0 Å². The molecule has 3 rings (SSSR count). The molecule has 1 nitrogen and oxygen atoms in total. The van der Waals surface area contributed by atoms with Crippen LogP contribution < -0.4 is 5.32 Å². The highest BCUT2D eigenvalue weighted by Gasteiger charge is 2.52. The fourth-order valence-electron chi connectivity index (χ4n) is 5.12. The van der Waals surface area contributed by atoms with E-state index < -0.39 is 0 Å². The topological polar surface area (TPSA) is 12.0 Å². The Hall–Kier alpha value is -1.09. The molecule has 0 aliphatic carbocycles. The highest BCUT2D eigenvalue weighted by molar-refractivity contribution is 6.31. The number of benzene rings is 2. The molecule has 0 unspecified atom stereocenters. The summed E-state index contributed by atoms with van der Waals surface area (Å²) in [5.74, 6) is -0.291. The second-order valence-corrected chi connectivity index (χ2v) is 10.1. The molecular formula is C24H30Cl2FN. The van der Waals surface area contributed by atoms with Crippen LogP contribution in [-0.2, 0) is 5.41 Å². The van der Waals surface area contributed by atoms with Gasteiger partial charge in [-0.3, -0.25) is 0 Å². The van der Waals surface area contributed by atoms with E-state index in [0.717, 1.165) is 30.0 Å². The Kier molecular flexibility index (Phi) is 6.15. The molecule has 2 aromatic carbocycles. The number of hydrogen-bond acceptors (Lipinski definition) is 1. The van der Waals surface area contributed by atoms with Crippen LogP contribution in [0.2, 0.25) is 10.0 Å². The van der Waals surface area contributed by atoms with E-state index in [4.69, 9.17) is 23.2 Å². The molecule has 152 valence electrons. The molecule has 1 aliphatic rings. The molecule has 4 heteroatoms. The number of nitrogens with one attached hydrogen (secondary N) is 1. The van der Waals surface area contributed by atoms with E-state index in [-0.39, 0.29) is 33.6 Å². The summed E-state index contributed by atoms with van der Waals surface area (Å²) in [6.07, 6.45) is 1.90. The van der Waals surface area contributed by atoms with E-state index >= 15 is 4.39 Å². The van der Waals surface area contributed by atoms with Gasteiger partial charge in [-0.2, -0.15) is 0 Å². The van der Waals surface area contributed by atoms with Gasteiger partial charge in [0.2, 0.25) is 0 Å². The van der Waals surface area contributed by atoms with Crippen LogP contribution in [0.3, 0.4) is 0 Å². The van der Waals surface area contributed by atoms with Crippen LogP contribution in [0.4, 0.5) is 4.39 Å². The second-order valence-electron chi connectivity index (χ2n) is 9.27. The van der Waals surface area contributed by atoms with Crippen molar-refractivity contribution in [1.29, 1.82) is 0 Å². The van der Waals surface area contributed by atoms with Gasteiger partial charge in [0, 0.05) is 28.9 Å². The number of hydrogen-bond donors (Lipinski definition) is 1. The maximum Gasteiger partial charge on any atom is 0.145 e. The van der Waals surface area contributed by atoms with E-state index in [1.165, 1.54) is 5.56 Å². The Morgan fingerprint density at radius 3 is 2.50 bits per heavy atom. The van der Waals surface area contributed by atoms with Gasteiger partial charge in [-0.25, -0.2) is 4.39 Å². The summed E-state index contributed by atoms with van der Waals surface area (Å²) in [4.78, 5) is 0. The van der Waals surface area contributed by atoms with Crippen LogP contribution in [-0.4, -0.2) is 12.6 Å². The lowest BCUT2D eigenvalue weighted by Crippen LogP contribution is -2.45. The quantitative estimate of drug-likeness (QED) is 0.546. The Balaban J connectivity index is 2.23. The largest absolute Gasteiger partial charge is 0.312 e. The minimum Gasteiger partial charge on any atom is -0.312 e. The first kappa shape index (κ1) is 21.6. The summed E-state index contributed by atoms with van der Waals surface area (Å²) in [5, 5.41) is 4.67. The lowest BCUT2D eigenvalue weighted by Gasteiger charge is -2.43. The monoisotopic (exact) mass is 421 g/mol. The molecule has 0 bridgehead atoms. The van der Waals surface area contributed by atoms with Gasteiger partial charge in [-0.15, -0.1) is 0 Å². The maximum absolute atomic E-state index is 15.1. The number of rotatable bonds is 4. The molecule has 1 aliphatic heterocycles. The standard InChI is InChI=1S/C24H30Cl2FN/c1-6-24(18-11-10-16(25)12-15(18)2)19(14-28-21(24)13-23(3,4)5)17-8-7-9-20(26)22(17)27/h7-12,19,21,28H,6,13-14H2,1-5H3/t19-,21+,24-/m1/s1. The Morgan fingerprint density at radius 1 is 1.18 bits per heavy atom. The third-order valence-corrected chi connectivity index (χ3v) is 6.79. The summed E-state index contributed by atoms with van der Waals surface area (Å²) < 4.78 is 15.1. The first-order chi connectivity index (χ1) is 13.1. The van der Waals surface area contributed by atoms with Crippen LogP contribution in [0.25, 0.3) is 0 Å². The summed E-state index contributed by atoms with van der Waals surface area (Å²) in [6, 6.07) is 11.7. The molecule has 0 amide bonds. The van der Waals surface area contributed by atoms with Crippen LogP contribution in [0, 0.1) is 18.2 Å². The second kappa shape index (κ2) is 7.97. The van der Waals surface area contributed by atoms with Crippen molar-refractivity contribution in [2.45, 2.75) is 64.8 Å². The summed E-state index contributed by atoms with van der Waals surface area (Å²) in [6.45, 7) is 11.8. The van der Waals surface area contributed by atoms with Gasteiger partial charge in [0.1, 0.15) is 5.82 Å². The van der Waals surface area contributed by atoms with E-state index in [1.54, 1.807) is 6.07 Å². The van der Waals surface area contributed by atoms with Crippen LogP contribution in [0.1, 0.15) is 63.1 Å². The molecule has 0 spiro atoms. The fourth-order valence-corrected chi connectivity index (χ4v) is 5.53. The van der Waals surface area contributed by atoms with Gasteiger partial charge < -0.3 is 5.32 Å². The molecule has 2 aromatic rings. The number of halogens is 3. The molecule has 1 fully saturated rings. The van der Waals surface area contributed by atoms with E-state index in [1.807, 2.05) is 24.3 Å². The normalized spacial score (nSPS) is 25.3. The third-order valence-electron chi connectivity index (χ3n) is 6.26. The zero-order chi connectivity index (χ0) is 20.7. The highest BCUT2D eigenvalue weighted by atomic mass is 35.5. The summed E-state index contributed by atoms with van der Waals surface area (Å²) in [5.41, 5.74) is 3.04. The van der Waals surface area contributed by atoms with Crippen molar-refractivity contribution in [3.05, 3.63) is 69.0 Å². The van der Waals surface area contributed by atoms with Crippen molar-refractivity contribution in [2.75, 3.05) is 6.54 Å². The minimum atomic E-state index is -0.295. The van der Waals surface area contributed by atoms with E-state index in [2.05, 4.69) is 46.0 Å². The average Bonchev–Trinajstić information content (AvgIpc) is 2.94. The maximum atomic E-state index is 15.1. The van der Waals surface area contributed by atoms with Gasteiger partial charge in [0.05, 0.1) is 5.02 Å². The van der Waals surface area contributed by atoms with E-state index in [9.17, 15) is 0 Å². The van der Waals surface area contributed by atoms with Crippen LogP contribution in [0.5, 0.6) is 0 Å². The van der Waals surface area contributed by atoms with Gasteiger partial charge in [0.15, 0.2) is 0 Å². The predicted octanol–water partition coefficient (Wildman–Crippen LogP) is 7.28. The van der Waals surface area contributed by atoms with Crippen LogP contribution >= 0.6 is 23.2 Å². The van der Waals surface area contributed by atoms with E-state index in [0.29, 0.717) is 5.56 Å². The summed E-state index contributed by atoms with van der Waals surface area (Å²) >= 11 is 12.4. The number of aryl methyl sites for hydroxylation is 1. The van der Waals surface area contributed by atoms with Gasteiger partial charge in [-0.05, 0) is 60.1 Å². The predicted molar refractivity (Wildman–Crippen MR) is 118 cm³/mol. The molecule has 0 saturated carbocycles. The average molecular weight is 422 g/mol. The first-order valence-corrected chi connectivity index (χ1v) is 10.8. The van der Waals surface area contributed by atoms with Crippen molar-refractivity contribution < 1.29 is 4.39 Å². The summed E-state index contributed by atoms with van der Waals surface area (Å²) in [7, 11) is 0. The lowest BCUT2D eigenvalue weighted by molar-refractivity contribution is 0.238. The zero-order valence-corrected chi connectivity index (χ0v) is 18.9. The molecule has 0 aromatic heterocycles. The molecular weight excluding hydrogens is 392 g/mol. The Labute approximate surface area is 178 Å². The molecule has 3 atom stereocenters. The molecule has 28 heavy (non-hydrogen) atoms. The third kappa shape index (κ3) is 3.84. The van der Waals surface area contributed by atoms with Crippen molar-refractivity contribution >= 4 is 23.2 Å². The minimum absolute atomic E-state index is 0.00317. The lowest BCUT2D eigenvalue weighted by atomic mass is 9.61. The van der Waals surface area contributed by atoms with Gasteiger partial charge in [-0.1, -0.05) is 69.1 Å². The molecule has 1 N–H and O–H groups in total. The highest BCUT2D eigenvalue weighted by Crippen LogP contribution is 2.52. The first-order valence-electron chi connectivity index (χ1n) is 10.0. The SMILES string of the molecule is CC[C@]1(c2ccc(Cl)cc2C)[C@H](CC(C)(C)C)NC[C@@H]1c1cccc(Cl)c1F. The van der Waals surface area contributed by atoms with Gasteiger partial charge in [0.25, 0.3) is 0 Å². The zero-order valence-electron chi connectivity index (χ0n) is 17.4. The molecule has 1 saturated heterocycles. The molecule has 1 heterocycles. The fraction of sp³-hybridized carbons (Fsp3) is 0.500. The smallest absolute Gasteiger partial charge is 0.145 e. The van der Waals surface area contributed by atoms with Crippen molar-refractivity contribution in [2.24, 2.45) is 5.41 Å².